The summed E-state index contributed by atoms with van der Waals surface area (Å²) in [5.41, 5.74) is -0.589. The summed E-state index contributed by atoms with van der Waals surface area (Å²) in [5.74, 6) is 5.65. The van der Waals surface area contributed by atoms with Crippen molar-refractivity contribution in [3.05, 3.63) is 0 Å². The van der Waals surface area contributed by atoms with E-state index in [1.54, 1.807) is 6.92 Å². The van der Waals surface area contributed by atoms with Gasteiger partial charge in [-0.25, -0.2) is 4.79 Å². The smallest absolute Gasteiger partial charge is 0.408 e. The van der Waals surface area contributed by atoms with Gasteiger partial charge in [-0.15, -0.1) is 5.92 Å². The zero-order valence-corrected chi connectivity index (χ0v) is 7.94. The first kappa shape index (κ1) is 9.87. The predicted octanol–water partition coefficient (Wildman–Crippen LogP) is 0.0978. The molecule has 0 saturated carbocycles. The second kappa shape index (κ2) is 4.15. The highest BCUT2D eigenvalue weighted by Crippen LogP contribution is 2.15. The van der Waals surface area contributed by atoms with Crippen LogP contribution in [0.3, 0.4) is 0 Å². The van der Waals surface area contributed by atoms with Crippen LogP contribution >= 0.6 is 0 Å². The number of ether oxygens (including phenoxy) is 1. The van der Waals surface area contributed by atoms with Gasteiger partial charge in [-0.05, 0) is 13.8 Å². The molecule has 4 heteroatoms. The van der Waals surface area contributed by atoms with Gasteiger partial charge in [0, 0.05) is 19.6 Å². The SMILES string of the molecule is CC#CC1(OC(=O)NCC)CNC1. The molecule has 2 N–H and O–H groups in total. The monoisotopic (exact) mass is 182 g/mol. The maximum atomic E-state index is 11.1. The van der Waals surface area contributed by atoms with Gasteiger partial charge in [0.05, 0.1) is 0 Å². The van der Waals surface area contributed by atoms with Crippen LogP contribution in [-0.4, -0.2) is 31.3 Å². The van der Waals surface area contributed by atoms with E-state index in [2.05, 4.69) is 22.5 Å². The Morgan fingerprint density at radius 2 is 2.38 bits per heavy atom. The molecule has 0 atom stereocenters. The number of amides is 1. The molecule has 1 fully saturated rings. The Morgan fingerprint density at radius 1 is 1.69 bits per heavy atom. The first-order chi connectivity index (χ1) is 6.22. The molecule has 0 spiro atoms. The molecule has 1 aliphatic rings. The van der Waals surface area contributed by atoms with E-state index in [0.717, 1.165) is 0 Å². The van der Waals surface area contributed by atoms with Crippen LogP contribution in [0.25, 0.3) is 0 Å². The molecule has 0 unspecified atom stereocenters. The van der Waals surface area contributed by atoms with Crippen LogP contribution in [0, 0.1) is 11.8 Å². The quantitative estimate of drug-likeness (QED) is 0.595. The minimum absolute atomic E-state index is 0.397. The first-order valence-corrected chi connectivity index (χ1v) is 4.34. The van der Waals surface area contributed by atoms with Gasteiger partial charge in [-0.2, -0.15) is 0 Å². The highest BCUT2D eigenvalue weighted by Gasteiger charge is 2.39. The Bertz CT molecular complexity index is 248. The summed E-state index contributed by atoms with van der Waals surface area (Å²) in [7, 11) is 0. The fourth-order valence-corrected chi connectivity index (χ4v) is 1.12. The Kier molecular flexibility index (Phi) is 3.15. The lowest BCUT2D eigenvalue weighted by molar-refractivity contribution is 0.0175. The van der Waals surface area contributed by atoms with E-state index >= 15 is 0 Å². The topological polar surface area (TPSA) is 50.4 Å². The van der Waals surface area contributed by atoms with Crippen LogP contribution in [-0.2, 0) is 4.74 Å². The van der Waals surface area contributed by atoms with Crippen molar-refractivity contribution < 1.29 is 9.53 Å². The molecule has 0 aliphatic carbocycles. The van der Waals surface area contributed by atoms with Gasteiger partial charge in [0.2, 0.25) is 0 Å². The Balaban J connectivity index is 2.47. The molecule has 1 rings (SSSR count). The lowest BCUT2D eigenvalue weighted by atomic mass is 9.98. The zero-order chi connectivity index (χ0) is 9.73. The van der Waals surface area contributed by atoms with Crippen LogP contribution in [0.2, 0.25) is 0 Å². The molecule has 0 radical (unpaired) electrons. The molecule has 0 aromatic carbocycles. The number of hydrogen-bond acceptors (Lipinski definition) is 3. The summed E-state index contributed by atoms with van der Waals surface area (Å²) in [6.07, 6.45) is -0.397. The molecule has 0 aromatic rings. The summed E-state index contributed by atoms with van der Waals surface area (Å²) in [6.45, 7) is 5.39. The lowest BCUT2D eigenvalue weighted by Crippen LogP contribution is -2.61. The van der Waals surface area contributed by atoms with Gasteiger partial charge >= 0.3 is 6.09 Å². The second-order valence-corrected chi connectivity index (χ2v) is 2.89. The third-order valence-electron chi connectivity index (χ3n) is 1.78. The number of hydrogen-bond donors (Lipinski definition) is 2. The second-order valence-electron chi connectivity index (χ2n) is 2.89. The van der Waals surface area contributed by atoms with E-state index in [1.807, 2.05) is 6.92 Å². The van der Waals surface area contributed by atoms with E-state index < -0.39 is 11.7 Å². The third kappa shape index (κ3) is 2.36. The van der Waals surface area contributed by atoms with Gasteiger partial charge in [0.1, 0.15) is 0 Å². The van der Waals surface area contributed by atoms with E-state index in [0.29, 0.717) is 19.6 Å². The van der Waals surface area contributed by atoms with Crippen molar-refractivity contribution >= 4 is 6.09 Å². The number of rotatable bonds is 2. The van der Waals surface area contributed by atoms with Crippen molar-refractivity contribution in [2.45, 2.75) is 19.4 Å². The zero-order valence-electron chi connectivity index (χ0n) is 7.94. The van der Waals surface area contributed by atoms with E-state index in [4.69, 9.17) is 4.74 Å². The highest BCUT2D eigenvalue weighted by atomic mass is 16.6. The van der Waals surface area contributed by atoms with Crippen molar-refractivity contribution in [2.24, 2.45) is 0 Å². The standard InChI is InChI=1S/C9H14N2O2/c1-3-5-9(6-10-7-9)13-8(12)11-4-2/h10H,4,6-7H2,1-2H3,(H,11,12). The van der Waals surface area contributed by atoms with Crippen LogP contribution < -0.4 is 10.6 Å². The molecular weight excluding hydrogens is 168 g/mol. The fraction of sp³-hybridized carbons (Fsp3) is 0.667. The molecule has 1 amide bonds. The van der Waals surface area contributed by atoms with Crippen molar-refractivity contribution in [3.8, 4) is 11.8 Å². The molecular formula is C9H14N2O2. The summed E-state index contributed by atoms with van der Waals surface area (Å²) < 4.78 is 5.17. The molecule has 1 saturated heterocycles. The minimum atomic E-state index is -0.589. The van der Waals surface area contributed by atoms with Crippen LogP contribution in [0.5, 0.6) is 0 Å². The van der Waals surface area contributed by atoms with Gasteiger partial charge in [0.15, 0.2) is 5.60 Å². The maximum absolute atomic E-state index is 11.1. The van der Waals surface area contributed by atoms with Gasteiger partial charge in [-0.3, -0.25) is 0 Å². The van der Waals surface area contributed by atoms with Gasteiger partial charge in [-0.1, -0.05) is 5.92 Å². The summed E-state index contributed by atoms with van der Waals surface area (Å²) in [6, 6.07) is 0. The van der Waals surface area contributed by atoms with Gasteiger partial charge < -0.3 is 15.4 Å². The normalized spacial score (nSPS) is 17.7. The Morgan fingerprint density at radius 3 is 2.77 bits per heavy atom. The average molecular weight is 182 g/mol. The average Bonchev–Trinajstić information content (AvgIpc) is 2.01. The molecule has 4 nitrogen and oxygen atoms in total. The summed E-state index contributed by atoms with van der Waals surface area (Å²) in [4.78, 5) is 11.1. The van der Waals surface area contributed by atoms with Crippen molar-refractivity contribution in [1.82, 2.24) is 10.6 Å². The molecule has 72 valence electrons. The van der Waals surface area contributed by atoms with Crippen LogP contribution in [0.4, 0.5) is 4.79 Å². The van der Waals surface area contributed by atoms with Gasteiger partial charge in [0.25, 0.3) is 0 Å². The van der Waals surface area contributed by atoms with Crippen molar-refractivity contribution in [1.29, 1.82) is 0 Å². The Hall–Kier alpha value is -1.21. The number of carbonyl (C=O) groups is 1. The molecule has 0 bridgehead atoms. The molecule has 0 aromatic heterocycles. The minimum Gasteiger partial charge on any atom is -0.427 e. The highest BCUT2D eigenvalue weighted by molar-refractivity contribution is 5.68. The summed E-state index contributed by atoms with van der Waals surface area (Å²) in [5, 5.41) is 5.60. The van der Waals surface area contributed by atoms with E-state index in [9.17, 15) is 4.79 Å². The van der Waals surface area contributed by atoms with Crippen molar-refractivity contribution in [2.75, 3.05) is 19.6 Å². The largest absolute Gasteiger partial charge is 0.427 e. The maximum Gasteiger partial charge on any atom is 0.408 e. The van der Waals surface area contributed by atoms with Crippen LogP contribution in [0.1, 0.15) is 13.8 Å². The fourth-order valence-electron chi connectivity index (χ4n) is 1.12. The number of nitrogens with one attached hydrogen (secondary N) is 2. The lowest BCUT2D eigenvalue weighted by Gasteiger charge is -2.36. The van der Waals surface area contributed by atoms with E-state index in [-0.39, 0.29) is 0 Å². The molecule has 1 aliphatic heterocycles. The van der Waals surface area contributed by atoms with Crippen molar-refractivity contribution in [3.63, 3.8) is 0 Å². The van der Waals surface area contributed by atoms with Crippen LogP contribution in [0.15, 0.2) is 0 Å². The predicted molar refractivity (Wildman–Crippen MR) is 49.2 cm³/mol. The first-order valence-electron chi connectivity index (χ1n) is 4.34. The van der Waals surface area contributed by atoms with E-state index in [1.165, 1.54) is 0 Å². The molecule has 13 heavy (non-hydrogen) atoms. The Labute approximate surface area is 78.0 Å². The molecule has 1 heterocycles. The number of alkyl carbamates (subject to hydrolysis) is 1. The summed E-state index contributed by atoms with van der Waals surface area (Å²) >= 11 is 0. The third-order valence-corrected chi connectivity index (χ3v) is 1.78. The number of carbonyl (C=O) groups excluding carboxylic acids is 1.